The highest BCUT2D eigenvalue weighted by molar-refractivity contribution is 5.71. The van der Waals surface area contributed by atoms with Crippen LogP contribution in [0, 0.1) is 0 Å². The van der Waals surface area contributed by atoms with Crippen LogP contribution in [0.4, 0.5) is 0 Å². The summed E-state index contributed by atoms with van der Waals surface area (Å²) in [6.07, 6.45) is 98.1. The molecule has 1 unspecified atom stereocenters. The minimum Gasteiger partial charge on any atom is -0.462 e. The summed E-state index contributed by atoms with van der Waals surface area (Å²) in [5, 5.41) is 0. The highest BCUT2D eigenvalue weighted by Crippen LogP contribution is 2.14. The first kappa shape index (κ1) is 76.0. The van der Waals surface area contributed by atoms with Gasteiger partial charge in [0.15, 0.2) is 6.10 Å². The summed E-state index contributed by atoms with van der Waals surface area (Å²) in [4.78, 5) is 38.4. The zero-order chi connectivity index (χ0) is 58.5. The molecule has 0 heterocycles. The van der Waals surface area contributed by atoms with Crippen molar-refractivity contribution in [3.63, 3.8) is 0 Å². The number of ether oxygens (including phenoxy) is 3. The lowest BCUT2D eigenvalue weighted by molar-refractivity contribution is -0.167. The fraction of sp³-hybridized carbons (Fsp3) is 0.613. The number of carbonyl (C=O) groups is 3. The van der Waals surface area contributed by atoms with Crippen molar-refractivity contribution in [2.45, 2.75) is 284 Å². The lowest BCUT2D eigenvalue weighted by Crippen LogP contribution is -2.30. The van der Waals surface area contributed by atoms with Gasteiger partial charge in [-0.25, -0.2) is 0 Å². The zero-order valence-electron chi connectivity index (χ0n) is 52.2. The third-order valence-electron chi connectivity index (χ3n) is 13.5. The number of unbranched alkanes of at least 4 members (excludes halogenated alkanes) is 21. The van der Waals surface area contributed by atoms with Gasteiger partial charge in [-0.2, -0.15) is 0 Å². The number of hydrogen-bond donors (Lipinski definition) is 0. The van der Waals surface area contributed by atoms with Gasteiger partial charge in [0.2, 0.25) is 0 Å². The van der Waals surface area contributed by atoms with Gasteiger partial charge in [0.05, 0.1) is 0 Å². The van der Waals surface area contributed by atoms with Crippen LogP contribution in [0.25, 0.3) is 0 Å². The Hall–Kier alpha value is -4.97. The largest absolute Gasteiger partial charge is 0.462 e. The van der Waals surface area contributed by atoms with E-state index < -0.39 is 6.10 Å². The number of esters is 3. The van der Waals surface area contributed by atoms with Crippen LogP contribution in [0.1, 0.15) is 278 Å². The minimum atomic E-state index is -0.811. The summed E-state index contributed by atoms with van der Waals surface area (Å²) in [5.41, 5.74) is 0. The van der Waals surface area contributed by atoms with Crippen LogP contribution in [-0.4, -0.2) is 37.2 Å². The fourth-order valence-electron chi connectivity index (χ4n) is 8.62. The lowest BCUT2D eigenvalue weighted by atomic mass is 10.1. The molecule has 0 spiro atoms. The molecule has 0 aromatic heterocycles. The van der Waals surface area contributed by atoms with E-state index in [4.69, 9.17) is 14.2 Å². The van der Waals surface area contributed by atoms with Crippen molar-refractivity contribution >= 4 is 17.9 Å². The molecule has 0 aromatic rings. The lowest BCUT2D eigenvalue weighted by Gasteiger charge is -2.18. The molecule has 0 amide bonds. The Bertz CT molecular complexity index is 1810. The SMILES string of the molecule is CC/C=C\C/C=C\C/C=C\C/C=C\C/C=C\C/C=C\CCCCCCCCC(=O)OCC(COC(=O)CCCCCCC/C=C\CCCCCCCC)OC(=O)CCCCCC/C=C\C/C=C\C/C=C\C/C=C\C/C=C\C/C=C\CC. The van der Waals surface area contributed by atoms with E-state index in [9.17, 15) is 14.4 Å². The van der Waals surface area contributed by atoms with Crippen molar-refractivity contribution in [1.29, 1.82) is 0 Å². The van der Waals surface area contributed by atoms with Crippen LogP contribution < -0.4 is 0 Å². The topological polar surface area (TPSA) is 78.9 Å². The molecule has 0 bridgehead atoms. The first-order chi connectivity index (χ1) is 40.0. The summed E-state index contributed by atoms with van der Waals surface area (Å²) in [5.74, 6) is -0.952. The Morgan fingerprint density at radius 1 is 0.259 bits per heavy atom. The van der Waals surface area contributed by atoms with Crippen molar-refractivity contribution < 1.29 is 28.6 Å². The van der Waals surface area contributed by atoms with Crippen LogP contribution in [0.2, 0.25) is 0 Å². The van der Waals surface area contributed by atoms with Gasteiger partial charge in [0.25, 0.3) is 0 Å². The molecule has 0 aromatic carbocycles. The molecule has 0 rings (SSSR count). The third-order valence-corrected chi connectivity index (χ3v) is 13.5. The highest BCUT2D eigenvalue weighted by Gasteiger charge is 2.19. The second-order valence-electron chi connectivity index (χ2n) is 21.3. The molecule has 0 saturated heterocycles. The number of rotatable bonds is 58. The van der Waals surface area contributed by atoms with E-state index >= 15 is 0 Å². The van der Waals surface area contributed by atoms with Crippen molar-refractivity contribution in [2.24, 2.45) is 0 Å². The Balaban J connectivity index is 4.49. The molecule has 0 aliphatic rings. The molecule has 0 N–H and O–H groups in total. The first-order valence-electron chi connectivity index (χ1n) is 33.0. The molecule has 0 aliphatic heterocycles. The smallest absolute Gasteiger partial charge is 0.306 e. The Morgan fingerprint density at radius 3 is 0.765 bits per heavy atom. The molecule has 6 nitrogen and oxygen atoms in total. The number of hydrogen-bond acceptors (Lipinski definition) is 6. The summed E-state index contributed by atoms with van der Waals surface area (Å²) >= 11 is 0. The molecule has 1 atom stereocenters. The quantitative estimate of drug-likeness (QED) is 0.0261. The summed E-state index contributed by atoms with van der Waals surface area (Å²) in [6.45, 7) is 6.37. The zero-order valence-corrected chi connectivity index (χ0v) is 52.2. The van der Waals surface area contributed by atoms with E-state index in [1.165, 1.54) is 64.2 Å². The van der Waals surface area contributed by atoms with E-state index in [1.54, 1.807) is 0 Å². The normalized spacial score (nSPS) is 13.2. The van der Waals surface area contributed by atoms with Crippen molar-refractivity contribution in [1.82, 2.24) is 0 Å². The molecule has 0 radical (unpaired) electrons. The summed E-state index contributed by atoms with van der Waals surface area (Å²) < 4.78 is 16.9. The Labute approximate surface area is 499 Å². The van der Waals surface area contributed by atoms with E-state index in [0.717, 1.165) is 173 Å². The fourth-order valence-corrected chi connectivity index (χ4v) is 8.62. The summed E-state index contributed by atoms with van der Waals surface area (Å²) in [6, 6.07) is 0. The second kappa shape index (κ2) is 67.5. The molecule has 0 saturated carbocycles. The maximum absolute atomic E-state index is 12.9. The van der Waals surface area contributed by atoms with E-state index in [2.05, 4.69) is 179 Å². The molecule has 81 heavy (non-hydrogen) atoms. The number of allylic oxidation sites excluding steroid dienone is 26. The van der Waals surface area contributed by atoms with Crippen LogP contribution in [0.5, 0.6) is 0 Å². The van der Waals surface area contributed by atoms with Gasteiger partial charge in [0.1, 0.15) is 13.2 Å². The van der Waals surface area contributed by atoms with Crippen molar-refractivity contribution in [3.8, 4) is 0 Å². The standard InChI is InChI=1S/C75H120O6/c1-4-7-10-13-16-19-22-25-28-30-32-34-36-37-39-40-42-44-47-50-53-56-59-62-65-68-74(77)80-71-72(70-79-73(76)67-64-61-58-55-52-49-46-27-24-21-18-15-12-9-6-3)81-75(78)69-66-63-60-57-54-51-48-45-43-41-38-35-33-31-29-26-23-20-17-14-11-8-5-2/h7-8,10-11,16-17,19-20,25-29,32-35,37,39,41-44,46,48,51,72H,4-6,9,12-15,18,21-24,30-31,36,38,40,45,47,49-50,52-71H2,1-3H3/b10-7-,11-8-,19-16-,20-17-,28-25-,29-26-,34-32-,35-33-,39-37-,43-41-,44-42-,46-27-,51-48-. The van der Waals surface area contributed by atoms with Gasteiger partial charge in [-0.05, 0) is 148 Å². The molecule has 0 fully saturated rings. The molecule has 0 aliphatic carbocycles. The Morgan fingerprint density at radius 2 is 0.481 bits per heavy atom. The van der Waals surface area contributed by atoms with Gasteiger partial charge < -0.3 is 14.2 Å². The van der Waals surface area contributed by atoms with E-state index in [-0.39, 0.29) is 37.5 Å². The maximum atomic E-state index is 12.9. The monoisotopic (exact) mass is 1120 g/mol. The average molecular weight is 1120 g/mol. The van der Waals surface area contributed by atoms with E-state index in [0.29, 0.717) is 12.8 Å². The average Bonchev–Trinajstić information content (AvgIpc) is 3.47. The van der Waals surface area contributed by atoms with Crippen LogP contribution in [0.3, 0.4) is 0 Å². The Kier molecular flexibility index (Phi) is 63.4. The van der Waals surface area contributed by atoms with Crippen LogP contribution in [-0.2, 0) is 28.6 Å². The highest BCUT2D eigenvalue weighted by atomic mass is 16.6. The number of carbonyl (C=O) groups excluding carboxylic acids is 3. The maximum Gasteiger partial charge on any atom is 0.306 e. The van der Waals surface area contributed by atoms with Crippen molar-refractivity contribution in [3.05, 3.63) is 158 Å². The molecule has 6 heteroatoms. The minimum absolute atomic E-state index is 0.104. The molecular weight excluding hydrogens is 997 g/mol. The first-order valence-corrected chi connectivity index (χ1v) is 33.0. The van der Waals surface area contributed by atoms with E-state index in [1.807, 2.05) is 0 Å². The second-order valence-corrected chi connectivity index (χ2v) is 21.3. The van der Waals surface area contributed by atoms with Crippen molar-refractivity contribution in [2.75, 3.05) is 13.2 Å². The third kappa shape index (κ3) is 65.7. The van der Waals surface area contributed by atoms with Gasteiger partial charge in [-0.3, -0.25) is 14.4 Å². The summed E-state index contributed by atoms with van der Waals surface area (Å²) in [7, 11) is 0. The molecule has 456 valence electrons. The van der Waals surface area contributed by atoms with Gasteiger partial charge in [0, 0.05) is 19.3 Å². The van der Waals surface area contributed by atoms with Crippen LogP contribution in [0.15, 0.2) is 158 Å². The van der Waals surface area contributed by atoms with Crippen LogP contribution >= 0.6 is 0 Å². The van der Waals surface area contributed by atoms with Gasteiger partial charge >= 0.3 is 17.9 Å². The predicted molar refractivity (Wildman–Crippen MR) is 352 cm³/mol. The molecular formula is C75H120O6. The van der Waals surface area contributed by atoms with Gasteiger partial charge in [-0.1, -0.05) is 269 Å². The van der Waals surface area contributed by atoms with Gasteiger partial charge in [-0.15, -0.1) is 0 Å². The predicted octanol–water partition coefficient (Wildman–Crippen LogP) is 22.9.